The van der Waals surface area contributed by atoms with Gasteiger partial charge >= 0.3 is 0 Å². The Kier molecular flexibility index (Phi) is 5.41. The molecule has 2 aliphatic rings. The Bertz CT molecular complexity index is 750. The molecule has 3 rings (SSSR count). The van der Waals surface area contributed by atoms with Crippen molar-refractivity contribution >= 4 is 15.9 Å². The van der Waals surface area contributed by atoms with Crippen molar-refractivity contribution in [3.8, 4) is 0 Å². The molecule has 1 aliphatic heterocycles. The average Bonchev–Trinajstić information content (AvgIpc) is 3.02. The number of aryl methyl sites for hydroxylation is 1. The van der Waals surface area contributed by atoms with Gasteiger partial charge < -0.3 is 11.1 Å². The van der Waals surface area contributed by atoms with Crippen LogP contribution < -0.4 is 11.1 Å². The number of nitrogens with one attached hydrogen (secondary N) is 1. The van der Waals surface area contributed by atoms with Gasteiger partial charge in [0.15, 0.2) is 0 Å². The van der Waals surface area contributed by atoms with E-state index in [1.807, 2.05) is 6.92 Å². The predicted molar refractivity (Wildman–Crippen MR) is 97.7 cm³/mol. The third-order valence-electron chi connectivity index (χ3n) is 5.69. The van der Waals surface area contributed by atoms with E-state index in [0.29, 0.717) is 25.9 Å². The number of sulfonamides is 1. The molecule has 8 nitrogen and oxygen atoms in total. The van der Waals surface area contributed by atoms with Crippen LogP contribution in [-0.4, -0.2) is 53.1 Å². The summed E-state index contributed by atoms with van der Waals surface area (Å²) < 4.78 is 28.2. The van der Waals surface area contributed by atoms with Crippen LogP contribution >= 0.6 is 0 Å². The molecule has 2 heterocycles. The van der Waals surface area contributed by atoms with Crippen LogP contribution in [-0.2, 0) is 21.9 Å². The molecule has 26 heavy (non-hydrogen) atoms. The molecule has 3 N–H and O–H groups in total. The maximum Gasteiger partial charge on any atom is 0.246 e. The average molecular weight is 384 g/mol. The molecular weight excluding hydrogens is 354 g/mol. The molecule has 1 aromatic rings. The third-order valence-corrected chi connectivity index (χ3v) is 7.54. The summed E-state index contributed by atoms with van der Waals surface area (Å²) in [7, 11) is -1.82. The third kappa shape index (κ3) is 3.94. The van der Waals surface area contributed by atoms with E-state index in [4.69, 9.17) is 5.73 Å². The largest absolute Gasteiger partial charge is 0.353 e. The molecule has 1 saturated heterocycles. The van der Waals surface area contributed by atoms with Gasteiger partial charge in [0.05, 0.1) is 12.1 Å². The van der Waals surface area contributed by atoms with Gasteiger partial charge in [-0.15, -0.1) is 0 Å². The van der Waals surface area contributed by atoms with Crippen LogP contribution in [0.5, 0.6) is 0 Å². The summed E-state index contributed by atoms with van der Waals surface area (Å²) >= 11 is 0. The van der Waals surface area contributed by atoms with Gasteiger partial charge in [-0.2, -0.15) is 9.40 Å². The van der Waals surface area contributed by atoms with Gasteiger partial charge in [0.1, 0.15) is 4.90 Å². The van der Waals surface area contributed by atoms with Crippen LogP contribution in [0.2, 0.25) is 0 Å². The highest BCUT2D eigenvalue weighted by atomic mass is 32.2. The quantitative estimate of drug-likeness (QED) is 0.791. The van der Waals surface area contributed by atoms with Crippen LogP contribution in [0.15, 0.2) is 17.3 Å². The number of nitrogens with zero attached hydrogens (tertiary/aromatic N) is 3. The molecule has 146 valence electrons. The van der Waals surface area contributed by atoms with E-state index < -0.39 is 15.6 Å². The lowest BCUT2D eigenvalue weighted by molar-refractivity contribution is -0.129. The Morgan fingerprint density at radius 1 is 1.31 bits per heavy atom. The number of hydrogen-bond acceptors (Lipinski definition) is 5. The summed E-state index contributed by atoms with van der Waals surface area (Å²) in [6.45, 7) is 2.75. The number of piperidine rings is 1. The monoisotopic (exact) mass is 383 g/mol. The fraction of sp³-hybridized carbons (Fsp3) is 0.765. The molecule has 1 aromatic heterocycles. The minimum Gasteiger partial charge on any atom is -0.353 e. The van der Waals surface area contributed by atoms with Crippen molar-refractivity contribution in [2.45, 2.75) is 61.9 Å². The molecule has 2 fully saturated rings. The standard InChI is InChI=1S/C17H29N5O3S/c1-17(18)8-4-3-5-15(17)16(23)20-13-6-9-22(10-7-13)26(24,25)14-11-19-21(2)12-14/h11-13,15H,3-10,18H2,1-2H3,(H,20,23). The maximum atomic E-state index is 12.7. The SMILES string of the molecule is Cn1cc(S(=O)(=O)N2CCC(NC(=O)C3CCCCC3(C)N)CC2)cn1. The van der Waals surface area contributed by atoms with Crippen LogP contribution in [0.1, 0.15) is 45.4 Å². The summed E-state index contributed by atoms with van der Waals surface area (Å²) in [5.41, 5.74) is 5.87. The Labute approximate surface area is 155 Å². The number of nitrogens with two attached hydrogens (primary N) is 1. The second-order valence-corrected chi connectivity index (χ2v) is 9.78. The molecule has 0 radical (unpaired) electrons. The number of aromatic nitrogens is 2. The van der Waals surface area contributed by atoms with Crippen molar-refractivity contribution in [3.63, 3.8) is 0 Å². The molecule has 9 heteroatoms. The van der Waals surface area contributed by atoms with E-state index in [1.165, 1.54) is 21.4 Å². The number of rotatable bonds is 4. The number of carbonyl (C=O) groups is 1. The molecule has 1 saturated carbocycles. The van der Waals surface area contributed by atoms with Crippen LogP contribution in [0.3, 0.4) is 0 Å². The lowest BCUT2D eigenvalue weighted by Crippen LogP contribution is -2.55. The molecule has 0 aromatic carbocycles. The van der Waals surface area contributed by atoms with Crippen molar-refractivity contribution < 1.29 is 13.2 Å². The van der Waals surface area contributed by atoms with Gasteiger partial charge in [0.25, 0.3) is 0 Å². The molecule has 0 spiro atoms. The predicted octanol–water partition coefficient (Wildman–Crippen LogP) is 0.597. The molecule has 1 aliphatic carbocycles. The fourth-order valence-corrected chi connectivity index (χ4v) is 5.47. The Balaban J connectivity index is 1.56. The van der Waals surface area contributed by atoms with Crippen molar-refractivity contribution in [3.05, 3.63) is 12.4 Å². The Morgan fingerprint density at radius 2 is 2.00 bits per heavy atom. The van der Waals surface area contributed by atoms with Gasteiger partial charge in [0, 0.05) is 37.9 Å². The molecule has 2 atom stereocenters. The van der Waals surface area contributed by atoms with Gasteiger partial charge in [-0.25, -0.2) is 8.42 Å². The summed E-state index contributed by atoms with van der Waals surface area (Å²) in [4.78, 5) is 12.9. The zero-order chi connectivity index (χ0) is 18.9. The highest BCUT2D eigenvalue weighted by Gasteiger charge is 2.39. The van der Waals surface area contributed by atoms with Crippen LogP contribution in [0.25, 0.3) is 0 Å². The van der Waals surface area contributed by atoms with Crippen molar-refractivity contribution in [2.75, 3.05) is 13.1 Å². The number of carbonyl (C=O) groups excluding carboxylic acids is 1. The first-order valence-electron chi connectivity index (χ1n) is 9.28. The molecule has 2 unspecified atom stereocenters. The van der Waals surface area contributed by atoms with E-state index in [1.54, 1.807) is 7.05 Å². The van der Waals surface area contributed by atoms with Gasteiger partial charge in [-0.05, 0) is 32.6 Å². The van der Waals surface area contributed by atoms with E-state index >= 15 is 0 Å². The first kappa shape index (κ1) is 19.3. The normalized spacial score (nSPS) is 28.8. The van der Waals surface area contributed by atoms with Crippen molar-refractivity contribution in [1.29, 1.82) is 0 Å². The zero-order valence-electron chi connectivity index (χ0n) is 15.5. The summed E-state index contributed by atoms with van der Waals surface area (Å²) in [5.74, 6) is -0.142. The van der Waals surface area contributed by atoms with E-state index in [0.717, 1.165) is 25.7 Å². The second-order valence-electron chi connectivity index (χ2n) is 7.84. The summed E-state index contributed by atoms with van der Waals surface area (Å²) in [6, 6.07) is 0.000532. The van der Waals surface area contributed by atoms with Gasteiger partial charge in [0.2, 0.25) is 15.9 Å². The fourth-order valence-electron chi connectivity index (χ4n) is 4.01. The highest BCUT2D eigenvalue weighted by Crippen LogP contribution is 2.32. The summed E-state index contributed by atoms with van der Waals surface area (Å²) in [6.07, 6.45) is 7.90. The lowest BCUT2D eigenvalue weighted by Gasteiger charge is -2.39. The van der Waals surface area contributed by atoms with E-state index in [2.05, 4.69) is 10.4 Å². The minimum atomic E-state index is -3.51. The van der Waals surface area contributed by atoms with Gasteiger partial charge in [-0.1, -0.05) is 12.8 Å². The second kappa shape index (κ2) is 7.28. The lowest BCUT2D eigenvalue weighted by atomic mass is 9.74. The van der Waals surface area contributed by atoms with Crippen LogP contribution in [0, 0.1) is 5.92 Å². The van der Waals surface area contributed by atoms with E-state index in [-0.39, 0.29) is 22.8 Å². The van der Waals surface area contributed by atoms with Crippen molar-refractivity contribution in [2.24, 2.45) is 18.7 Å². The molecule has 1 amide bonds. The number of hydrogen-bond donors (Lipinski definition) is 2. The minimum absolute atomic E-state index is 0.000532. The Hall–Kier alpha value is -1.45. The highest BCUT2D eigenvalue weighted by molar-refractivity contribution is 7.89. The maximum absolute atomic E-state index is 12.7. The first-order valence-corrected chi connectivity index (χ1v) is 10.7. The van der Waals surface area contributed by atoms with Crippen molar-refractivity contribution in [1.82, 2.24) is 19.4 Å². The Morgan fingerprint density at radius 3 is 2.58 bits per heavy atom. The topological polar surface area (TPSA) is 110 Å². The summed E-state index contributed by atoms with van der Waals surface area (Å²) in [5, 5.41) is 7.04. The van der Waals surface area contributed by atoms with E-state index in [9.17, 15) is 13.2 Å². The number of amides is 1. The molecular formula is C17H29N5O3S. The first-order chi connectivity index (χ1) is 12.2. The molecule has 0 bridgehead atoms. The van der Waals surface area contributed by atoms with Crippen LogP contribution in [0.4, 0.5) is 0 Å². The smallest absolute Gasteiger partial charge is 0.246 e. The van der Waals surface area contributed by atoms with Gasteiger partial charge in [-0.3, -0.25) is 9.48 Å². The zero-order valence-corrected chi connectivity index (χ0v) is 16.3.